The van der Waals surface area contributed by atoms with E-state index in [1.165, 1.54) is 11.1 Å². The quantitative estimate of drug-likeness (QED) is 0.736. The first kappa shape index (κ1) is 16.2. The highest BCUT2D eigenvalue weighted by atomic mass is 16.1. The van der Waals surface area contributed by atoms with Crippen LogP contribution in [0.5, 0.6) is 0 Å². The van der Waals surface area contributed by atoms with Crippen molar-refractivity contribution in [3.05, 3.63) is 71.3 Å². The van der Waals surface area contributed by atoms with Gasteiger partial charge in [0.05, 0.1) is 6.54 Å². The van der Waals surface area contributed by atoms with Crippen molar-refractivity contribution in [3.63, 3.8) is 0 Å². The molecule has 0 fully saturated rings. The first-order valence-corrected chi connectivity index (χ1v) is 7.81. The Morgan fingerprint density at radius 3 is 2.55 bits per heavy atom. The van der Waals surface area contributed by atoms with Crippen LogP contribution in [-0.4, -0.2) is 19.0 Å². The monoisotopic (exact) mass is 296 g/mol. The van der Waals surface area contributed by atoms with Crippen molar-refractivity contribution in [2.45, 2.75) is 26.3 Å². The summed E-state index contributed by atoms with van der Waals surface area (Å²) in [6.45, 7) is 3.87. The maximum atomic E-state index is 11.8. The number of hydrogen-bond acceptors (Lipinski definition) is 2. The second kappa shape index (κ2) is 9.00. The molecule has 0 bridgehead atoms. The van der Waals surface area contributed by atoms with Crippen LogP contribution in [0.25, 0.3) is 0 Å². The molecule has 0 atom stereocenters. The van der Waals surface area contributed by atoms with E-state index in [1.54, 1.807) is 0 Å². The summed E-state index contributed by atoms with van der Waals surface area (Å²) in [6.07, 6.45) is 2.08. The molecule has 3 heteroatoms. The van der Waals surface area contributed by atoms with E-state index >= 15 is 0 Å². The van der Waals surface area contributed by atoms with E-state index in [4.69, 9.17) is 0 Å². The molecule has 2 N–H and O–H groups in total. The first-order chi connectivity index (χ1) is 10.7. The number of benzene rings is 2. The van der Waals surface area contributed by atoms with Gasteiger partial charge in [0.15, 0.2) is 0 Å². The maximum Gasteiger partial charge on any atom is 0.234 e. The third-order valence-corrected chi connectivity index (χ3v) is 3.52. The Morgan fingerprint density at radius 2 is 1.77 bits per heavy atom. The van der Waals surface area contributed by atoms with Crippen LogP contribution in [0.1, 0.15) is 23.1 Å². The minimum Gasteiger partial charge on any atom is -0.351 e. The van der Waals surface area contributed by atoms with Crippen LogP contribution >= 0.6 is 0 Å². The van der Waals surface area contributed by atoms with Gasteiger partial charge in [-0.3, -0.25) is 4.79 Å². The minimum absolute atomic E-state index is 0.0428. The zero-order valence-corrected chi connectivity index (χ0v) is 13.1. The Kier molecular flexibility index (Phi) is 6.65. The van der Waals surface area contributed by atoms with Gasteiger partial charge in [0.2, 0.25) is 5.91 Å². The minimum atomic E-state index is 0.0428. The highest BCUT2D eigenvalue weighted by Gasteiger charge is 2.01. The molecule has 0 radical (unpaired) electrons. The van der Waals surface area contributed by atoms with Gasteiger partial charge >= 0.3 is 0 Å². The van der Waals surface area contributed by atoms with E-state index in [2.05, 4.69) is 54.0 Å². The van der Waals surface area contributed by atoms with Gasteiger partial charge in [-0.25, -0.2) is 0 Å². The number of carbonyl (C=O) groups excluding carboxylic acids is 1. The SMILES string of the molecule is Cc1cccc(CNC(=O)CNCCCc2ccccc2)c1. The molecule has 0 aromatic heterocycles. The van der Waals surface area contributed by atoms with Crippen molar-refractivity contribution in [3.8, 4) is 0 Å². The fourth-order valence-corrected chi connectivity index (χ4v) is 2.35. The molecule has 2 aromatic carbocycles. The Balaban J connectivity index is 1.56. The van der Waals surface area contributed by atoms with Crippen LogP contribution < -0.4 is 10.6 Å². The Labute approximate surface area is 132 Å². The molecule has 1 amide bonds. The number of aryl methyl sites for hydroxylation is 2. The van der Waals surface area contributed by atoms with Crippen LogP contribution in [0.2, 0.25) is 0 Å². The second-order valence-electron chi connectivity index (χ2n) is 5.53. The first-order valence-electron chi connectivity index (χ1n) is 7.81. The number of nitrogens with one attached hydrogen (secondary N) is 2. The normalized spacial score (nSPS) is 10.4. The molecule has 0 unspecified atom stereocenters. The average molecular weight is 296 g/mol. The van der Waals surface area contributed by atoms with Crippen molar-refractivity contribution in [1.82, 2.24) is 10.6 Å². The van der Waals surface area contributed by atoms with Crippen molar-refractivity contribution in [2.24, 2.45) is 0 Å². The molecule has 2 aromatic rings. The summed E-state index contributed by atoms with van der Waals surface area (Å²) in [4.78, 5) is 11.8. The zero-order valence-electron chi connectivity index (χ0n) is 13.1. The van der Waals surface area contributed by atoms with E-state index in [9.17, 15) is 4.79 Å². The second-order valence-corrected chi connectivity index (χ2v) is 5.53. The standard InChI is InChI=1S/C19H24N2O/c1-16-7-5-10-18(13-16)14-21-19(22)15-20-12-6-11-17-8-3-2-4-9-17/h2-5,7-10,13,20H,6,11-12,14-15H2,1H3,(H,21,22). The summed E-state index contributed by atoms with van der Waals surface area (Å²) in [5, 5.41) is 6.12. The molecule has 0 saturated carbocycles. The van der Waals surface area contributed by atoms with Crippen LogP contribution in [0.15, 0.2) is 54.6 Å². The fourth-order valence-electron chi connectivity index (χ4n) is 2.35. The average Bonchev–Trinajstić information content (AvgIpc) is 2.54. The summed E-state index contributed by atoms with van der Waals surface area (Å²) in [7, 11) is 0. The fraction of sp³-hybridized carbons (Fsp3) is 0.316. The molecule has 0 spiro atoms. The van der Waals surface area contributed by atoms with Crippen molar-refractivity contribution < 1.29 is 4.79 Å². The van der Waals surface area contributed by atoms with Gasteiger partial charge in [0.1, 0.15) is 0 Å². The third-order valence-electron chi connectivity index (χ3n) is 3.52. The van der Waals surface area contributed by atoms with Gasteiger partial charge in [-0.05, 0) is 37.4 Å². The van der Waals surface area contributed by atoms with Crippen molar-refractivity contribution in [2.75, 3.05) is 13.1 Å². The molecule has 2 rings (SSSR count). The van der Waals surface area contributed by atoms with E-state index in [-0.39, 0.29) is 5.91 Å². The number of carbonyl (C=O) groups is 1. The number of rotatable bonds is 8. The molecule has 0 aliphatic rings. The van der Waals surface area contributed by atoms with Crippen LogP contribution in [-0.2, 0) is 17.8 Å². The van der Waals surface area contributed by atoms with Gasteiger partial charge in [0.25, 0.3) is 0 Å². The molecule has 0 aliphatic carbocycles. The molecule has 0 aliphatic heterocycles. The lowest BCUT2D eigenvalue weighted by Gasteiger charge is -2.07. The maximum absolute atomic E-state index is 11.8. The molecule has 0 saturated heterocycles. The summed E-state index contributed by atoms with van der Waals surface area (Å²) in [5.74, 6) is 0.0428. The molecule has 22 heavy (non-hydrogen) atoms. The van der Waals surface area contributed by atoms with Gasteiger partial charge in [-0.15, -0.1) is 0 Å². The zero-order chi connectivity index (χ0) is 15.6. The lowest BCUT2D eigenvalue weighted by molar-refractivity contribution is -0.120. The Morgan fingerprint density at radius 1 is 1.00 bits per heavy atom. The Hall–Kier alpha value is -2.13. The van der Waals surface area contributed by atoms with Crippen molar-refractivity contribution >= 4 is 5.91 Å². The lowest BCUT2D eigenvalue weighted by Crippen LogP contribution is -2.34. The summed E-state index contributed by atoms with van der Waals surface area (Å²) in [6, 6.07) is 18.6. The molecular weight excluding hydrogens is 272 g/mol. The molecule has 0 heterocycles. The third kappa shape index (κ3) is 6.10. The highest BCUT2D eigenvalue weighted by Crippen LogP contribution is 2.03. The predicted molar refractivity (Wildman–Crippen MR) is 90.7 cm³/mol. The van der Waals surface area contributed by atoms with Crippen LogP contribution in [0.3, 0.4) is 0 Å². The highest BCUT2D eigenvalue weighted by molar-refractivity contribution is 5.77. The summed E-state index contributed by atoms with van der Waals surface area (Å²) in [5.41, 5.74) is 3.69. The van der Waals surface area contributed by atoms with Crippen molar-refractivity contribution in [1.29, 1.82) is 0 Å². The van der Waals surface area contributed by atoms with Crippen LogP contribution in [0, 0.1) is 6.92 Å². The number of amides is 1. The van der Waals surface area contributed by atoms with Gasteiger partial charge < -0.3 is 10.6 Å². The summed E-state index contributed by atoms with van der Waals surface area (Å²) < 4.78 is 0. The topological polar surface area (TPSA) is 41.1 Å². The van der Waals surface area contributed by atoms with E-state index in [1.807, 2.05) is 18.2 Å². The lowest BCUT2D eigenvalue weighted by atomic mass is 10.1. The Bertz CT molecular complexity index is 581. The molecule has 116 valence electrons. The van der Waals surface area contributed by atoms with E-state index < -0.39 is 0 Å². The van der Waals surface area contributed by atoms with E-state index in [0.717, 1.165) is 24.9 Å². The smallest absolute Gasteiger partial charge is 0.234 e. The van der Waals surface area contributed by atoms with Gasteiger partial charge in [-0.1, -0.05) is 60.2 Å². The predicted octanol–water partition coefficient (Wildman–Crippen LogP) is 2.83. The largest absolute Gasteiger partial charge is 0.351 e. The van der Waals surface area contributed by atoms with Gasteiger partial charge in [0, 0.05) is 6.54 Å². The molecular formula is C19H24N2O. The van der Waals surface area contributed by atoms with E-state index in [0.29, 0.717) is 13.1 Å². The molecule has 3 nitrogen and oxygen atoms in total. The van der Waals surface area contributed by atoms with Crippen LogP contribution in [0.4, 0.5) is 0 Å². The number of hydrogen-bond donors (Lipinski definition) is 2. The van der Waals surface area contributed by atoms with Gasteiger partial charge in [-0.2, -0.15) is 0 Å². The summed E-state index contributed by atoms with van der Waals surface area (Å²) >= 11 is 0.